The maximum Gasteiger partial charge on any atom is 0.479 e. The van der Waals surface area contributed by atoms with Crippen molar-refractivity contribution < 1.29 is 57.4 Å². The molecule has 2 amide bonds. The van der Waals surface area contributed by atoms with Crippen LogP contribution in [-0.4, -0.2) is 94.3 Å². The normalized spacial score (nSPS) is 25.2. The molecule has 20 heteroatoms. The van der Waals surface area contributed by atoms with Crippen LogP contribution in [0.1, 0.15) is 19.6 Å². The molecule has 7 N–H and O–H groups in total. The number of phosphoric acid groups is 1. The molecule has 36 heavy (non-hydrogen) atoms. The minimum Gasteiger partial charge on any atom is -0.481 e. The number of nitrogens with one attached hydrogen (secondary N) is 2. The molecule has 3 unspecified atom stereocenters. The maximum atomic E-state index is 12.0. The van der Waals surface area contributed by atoms with E-state index in [0.29, 0.717) is 6.54 Å². The highest BCUT2D eigenvalue weighted by Gasteiger charge is 2.46. The van der Waals surface area contributed by atoms with E-state index in [9.17, 15) is 38.7 Å². The van der Waals surface area contributed by atoms with Crippen molar-refractivity contribution in [1.29, 1.82) is 0 Å². The Bertz CT molecular complexity index is 1210. The first-order valence-corrected chi connectivity index (χ1v) is 13.6. The van der Waals surface area contributed by atoms with Crippen LogP contribution in [0.25, 0.3) is 11.2 Å². The molecule has 0 saturated carbocycles. The predicted molar refractivity (Wildman–Crippen MR) is 118 cm³/mol. The number of anilines is 1. The number of hydrogen-bond acceptors (Lipinski definition) is 12. The number of nitrogens with zero attached hydrogens (tertiary/aromatic N) is 4. The van der Waals surface area contributed by atoms with Crippen LogP contribution >= 0.6 is 15.4 Å². The Labute approximate surface area is 202 Å². The number of imidazole rings is 1. The second-order valence-electron chi connectivity index (χ2n) is 7.43. The fraction of sp³-hybridized carbons (Fsp3) is 0.562. The summed E-state index contributed by atoms with van der Waals surface area (Å²) in [4.78, 5) is 53.7. The zero-order chi connectivity index (χ0) is 26.7. The smallest absolute Gasteiger partial charge is 0.479 e. The van der Waals surface area contributed by atoms with Crippen LogP contribution in [0.4, 0.5) is 10.6 Å². The summed E-state index contributed by atoms with van der Waals surface area (Å²) in [6.07, 6.45) is -5.35. The fourth-order valence-corrected chi connectivity index (χ4v) is 5.78. The molecule has 1 fully saturated rings. The molecule has 200 valence electrons. The molecule has 0 bridgehead atoms. The number of aliphatic carboxylic acids is 1. The van der Waals surface area contributed by atoms with Crippen molar-refractivity contribution in [2.75, 3.05) is 24.6 Å². The Balaban J connectivity index is 1.70. The van der Waals surface area contributed by atoms with E-state index in [-0.39, 0.29) is 17.0 Å². The quantitative estimate of drug-likeness (QED) is 0.171. The van der Waals surface area contributed by atoms with Crippen molar-refractivity contribution in [3.05, 3.63) is 12.7 Å². The van der Waals surface area contributed by atoms with Gasteiger partial charge in [-0.2, -0.15) is 0 Å². The highest BCUT2D eigenvalue weighted by Crippen LogP contribution is 2.60. The van der Waals surface area contributed by atoms with Gasteiger partial charge < -0.3 is 35.2 Å². The molecular formula is C16H24N6O12P2. The number of aliphatic hydroxyl groups excluding tert-OH is 2. The molecule has 1 aliphatic rings. The number of carboxylic acids is 1. The number of phosphoric ester groups is 1. The molecular weight excluding hydrogens is 530 g/mol. The van der Waals surface area contributed by atoms with Crippen molar-refractivity contribution in [2.45, 2.75) is 37.9 Å². The Morgan fingerprint density at radius 2 is 1.92 bits per heavy atom. The van der Waals surface area contributed by atoms with Crippen LogP contribution in [0, 0.1) is 0 Å². The predicted octanol–water partition coefficient (Wildman–Crippen LogP) is -0.619. The second kappa shape index (κ2) is 11.2. The summed E-state index contributed by atoms with van der Waals surface area (Å²) >= 11 is 0. The third-order valence-electron chi connectivity index (χ3n) is 4.78. The van der Waals surface area contributed by atoms with E-state index < -0.39 is 71.1 Å². The third-order valence-corrected chi connectivity index (χ3v) is 7.89. The van der Waals surface area contributed by atoms with Gasteiger partial charge in [0, 0.05) is 6.54 Å². The zero-order valence-electron chi connectivity index (χ0n) is 18.6. The Morgan fingerprint density at radius 1 is 1.19 bits per heavy atom. The van der Waals surface area contributed by atoms with E-state index in [4.69, 9.17) is 9.84 Å². The Morgan fingerprint density at radius 3 is 2.58 bits per heavy atom. The molecule has 1 aliphatic heterocycles. The van der Waals surface area contributed by atoms with E-state index >= 15 is 0 Å². The number of amides is 2. The summed E-state index contributed by atoms with van der Waals surface area (Å²) in [6.45, 7) is 1.23. The van der Waals surface area contributed by atoms with Crippen LogP contribution in [0.2, 0.25) is 0 Å². The van der Waals surface area contributed by atoms with Gasteiger partial charge in [0.2, 0.25) is 0 Å². The average Bonchev–Trinajstić information content (AvgIpc) is 3.32. The standard InChI is InChI=1S/C16H24N6O12P2/c1-2-17-16(27)21-13-10-14(19-6-18-13)22(7-20-10)15-12(26)11(25)8(33-15)5-32-36(30,31)34-35(28,29)4-3-9(23)24/h6-8,11-12,15,25-26H,2-5H2,1H3,(H,23,24)(H,28,29)(H,30,31)(H2,17,18,19,21,27)/t8-,11?,12+,15-/m1/s1. The molecule has 3 heterocycles. The van der Waals surface area contributed by atoms with Crippen molar-refractivity contribution in [3.8, 4) is 0 Å². The van der Waals surface area contributed by atoms with Gasteiger partial charge in [0.05, 0.1) is 25.5 Å². The number of aromatic nitrogens is 4. The molecule has 2 aromatic rings. The SMILES string of the molecule is CCNC(=O)Nc1ncnc2c1ncn2[C@@H]1O[C@H](COP(=O)(O)OP(=O)(O)CCC(=O)O)C(O)[C@@H]1O. The van der Waals surface area contributed by atoms with Gasteiger partial charge in [-0.05, 0) is 6.92 Å². The summed E-state index contributed by atoms with van der Waals surface area (Å²) in [5.74, 6) is -1.36. The lowest BCUT2D eigenvalue weighted by atomic mass is 10.1. The van der Waals surface area contributed by atoms with Gasteiger partial charge in [0.25, 0.3) is 0 Å². The topological polar surface area (TPSA) is 265 Å². The van der Waals surface area contributed by atoms with Crippen molar-refractivity contribution in [2.24, 2.45) is 0 Å². The molecule has 0 aromatic carbocycles. The summed E-state index contributed by atoms with van der Waals surface area (Å²) < 4.78 is 39.4. The van der Waals surface area contributed by atoms with Gasteiger partial charge in [-0.1, -0.05) is 0 Å². The summed E-state index contributed by atoms with van der Waals surface area (Å²) in [7, 11) is -9.97. The number of carboxylic acid groups (broad SMARTS) is 1. The van der Waals surface area contributed by atoms with Gasteiger partial charge in [-0.25, -0.2) is 28.6 Å². The molecule has 0 aliphatic carbocycles. The summed E-state index contributed by atoms with van der Waals surface area (Å²) in [5, 5.41) is 34.4. The Kier molecular flexibility index (Phi) is 8.76. The van der Waals surface area contributed by atoms with Crippen LogP contribution in [0.15, 0.2) is 12.7 Å². The first-order valence-electron chi connectivity index (χ1n) is 10.3. The van der Waals surface area contributed by atoms with Gasteiger partial charge in [0.15, 0.2) is 23.2 Å². The van der Waals surface area contributed by atoms with Gasteiger partial charge in [-0.3, -0.25) is 23.8 Å². The zero-order valence-corrected chi connectivity index (χ0v) is 20.4. The molecule has 6 atom stereocenters. The lowest BCUT2D eigenvalue weighted by Crippen LogP contribution is -2.33. The van der Waals surface area contributed by atoms with Crippen LogP contribution in [0.3, 0.4) is 0 Å². The molecule has 2 aromatic heterocycles. The van der Waals surface area contributed by atoms with Crippen molar-refractivity contribution >= 4 is 44.4 Å². The second-order valence-corrected chi connectivity index (χ2v) is 11.0. The largest absolute Gasteiger partial charge is 0.481 e. The third kappa shape index (κ3) is 6.82. The highest BCUT2D eigenvalue weighted by atomic mass is 31.3. The average molecular weight is 554 g/mol. The first-order chi connectivity index (χ1) is 16.8. The van der Waals surface area contributed by atoms with Crippen LogP contribution in [-0.2, 0) is 27.5 Å². The number of carbonyl (C=O) groups excluding carboxylic acids is 1. The summed E-state index contributed by atoms with van der Waals surface area (Å²) in [5.41, 5.74) is 0.257. The lowest BCUT2D eigenvalue weighted by molar-refractivity contribution is -0.136. The molecule has 3 rings (SSSR count). The van der Waals surface area contributed by atoms with Crippen molar-refractivity contribution in [1.82, 2.24) is 24.8 Å². The fourth-order valence-electron chi connectivity index (χ4n) is 3.17. The molecule has 1 saturated heterocycles. The van der Waals surface area contributed by atoms with Crippen molar-refractivity contribution in [3.63, 3.8) is 0 Å². The highest BCUT2D eigenvalue weighted by molar-refractivity contribution is 7.64. The minimum atomic E-state index is -5.18. The van der Waals surface area contributed by atoms with E-state index in [0.717, 1.165) is 6.33 Å². The summed E-state index contributed by atoms with van der Waals surface area (Å²) in [6, 6.07) is -0.539. The van der Waals surface area contributed by atoms with Gasteiger partial charge >= 0.3 is 27.4 Å². The Hall–Kier alpha value is -2.53. The lowest BCUT2D eigenvalue weighted by Gasteiger charge is -2.19. The van der Waals surface area contributed by atoms with E-state index in [2.05, 4.69) is 34.4 Å². The van der Waals surface area contributed by atoms with Gasteiger partial charge in [-0.15, -0.1) is 0 Å². The van der Waals surface area contributed by atoms with Crippen LogP contribution < -0.4 is 10.6 Å². The number of urea groups is 1. The molecule has 0 spiro atoms. The minimum absolute atomic E-state index is 0.0623. The van der Waals surface area contributed by atoms with Crippen LogP contribution in [0.5, 0.6) is 0 Å². The molecule has 0 radical (unpaired) electrons. The van der Waals surface area contributed by atoms with E-state index in [1.54, 1.807) is 6.92 Å². The number of ether oxygens (including phenoxy) is 1. The monoisotopic (exact) mass is 554 g/mol. The number of rotatable bonds is 11. The van der Waals surface area contributed by atoms with E-state index in [1.165, 1.54) is 10.9 Å². The maximum absolute atomic E-state index is 12.0. The number of aliphatic hydroxyl groups is 2. The molecule has 18 nitrogen and oxygen atoms in total. The number of fused-ring (bicyclic) bond motifs is 1. The number of hydrogen-bond donors (Lipinski definition) is 7. The van der Waals surface area contributed by atoms with E-state index in [1.807, 2.05) is 0 Å². The van der Waals surface area contributed by atoms with Gasteiger partial charge in [0.1, 0.15) is 24.6 Å². The first kappa shape index (κ1) is 28.0. The number of carbonyl (C=O) groups is 2.